The van der Waals surface area contributed by atoms with Crippen LogP contribution in [-0.2, 0) is 10.2 Å². The second-order valence-electron chi connectivity index (χ2n) is 4.70. The molecule has 1 aliphatic carbocycles. The highest BCUT2D eigenvalue weighted by molar-refractivity contribution is 9.10. The Morgan fingerprint density at radius 2 is 2.06 bits per heavy atom. The number of hydrogen-bond donors (Lipinski definition) is 2. The Labute approximate surface area is 110 Å². The van der Waals surface area contributed by atoms with Crippen molar-refractivity contribution in [2.75, 3.05) is 6.54 Å². The van der Waals surface area contributed by atoms with Gasteiger partial charge in [-0.2, -0.15) is 0 Å². The van der Waals surface area contributed by atoms with Gasteiger partial charge in [0.05, 0.1) is 5.41 Å². The van der Waals surface area contributed by atoms with Crippen molar-refractivity contribution >= 4 is 21.8 Å². The topological polar surface area (TPSA) is 55.1 Å². The van der Waals surface area contributed by atoms with Crippen molar-refractivity contribution in [2.45, 2.75) is 31.2 Å². The molecule has 3 nitrogen and oxygen atoms in total. The van der Waals surface area contributed by atoms with Crippen LogP contribution >= 0.6 is 15.9 Å². The zero-order valence-electron chi connectivity index (χ0n) is 9.87. The van der Waals surface area contributed by atoms with Gasteiger partial charge in [0.1, 0.15) is 0 Å². The minimum absolute atomic E-state index is 0.0374. The SMILES string of the molecule is C[C@@H](CN)NC(=O)C1(c2ccc(Br)cc2)CC1. The number of halogens is 1. The van der Waals surface area contributed by atoms with Crippen LogP contribution < -0.4 is 11.1 Å². The van der Waals surface area contributed by atoms with Gasteiger partial charge in [-0.15, -0.1) is 0 Å². The van der Waals surface area contributed by atoms with Gasteiger partial charge in [-0.3, -0.25) is 4.79 Å². The summed E-state index contributed by atoms with van der Waals surface area (Å²) in [6, 6.07) is 8.04. The highest BCUT2D eigenvalue weighted by Gasteiger charge is 2.51. The number of carbonyl (C=O) groups is 1. The monoisotopic (exact) mass is 296 g/mol. The maximum absolute atomic E-state index is 12.2. The van der Waals surface area contributed by atoms with Crippen LogP contribution in [0.15, 0.2) is 28.7 Å². The molecule has 1 aromatic carbocycles. The summed E-state index contributed by atoms with van der Waals surface area (Å²) in [5.74, 6) is 0.109. The van der Waals surface area contributed by atoms with E-state index < -0.39 is 0 Å². The second kappa shape index (κ2) is 4.78. The van der Waals surface area contributed by atoms with E-state index in [0.717, 1.165) is 22.9 Å². The van der Waals surface area contributed by atoms with E-state index in [-0.39, 0.29) is 17.4 Å². The molecule has 4 heteroatoms. The van der Waals surface area contributed by atoms with Crippen LogP contribution in [0.2, 0.25) is 0 Å². The Bertz CT molecular complexity index is 412. The Kier molecular flexibility index (Phi) is 3.54. The summed E-state index contributed by atoms with van der Waals surface area (Å²) < 4.78 is 1.03. The fourth-order valence-corrected chi connectivity index (χ4v) is 2.23. The summed E-state index contributed by atoms with van der Waals surface area (Å²) in [5.41, 5.74) is 6.32. The average Bonchev–Trinajstić information content (AvgIpc) is 3.11. The lowest BCUT2D eigenvalue weighted by molar-refractivity contribution is -0.124. The standard InChI is InChI=1S/C13H17BrN2O/c1-9(8-15)16-12(17)13(6-7-13)10-2-4-11(14)5-3-10/h2-5,9H,6-8,15H2,1H3,(H,16,17)/t9-/m0/s1. The predicted octanol–water partition coefficient (Wildman–Crippen LogP) is 1.94. The van der Waals surface area contributed by atoms with E-state index in [1.54, 1.807) is 0 Å². The summed E-state index contributed by atoms with van der Waals surface area (Å²) in [6.45, 7) is 2.40. The minimum Gasteiger partial charge on any atom is -0.352 e. The van der Waals surface area contributed by atoms with Crippen LogP contribution in [0.4, 0.5) is 0 Å². The van der Waals surface area contributed by atoms with Gasteiger partial charge < -0.3 is 11.1 Å². The molecule has 17 heavy (non-hydrogen) atoms. The Morgan fingerprint density at radius 3 is 2.53 bits per heavy atom. The lowest BCUT2D eigenvalue weighted by Gasteiger charge is -2.19. The highest BCUT2D eigenvalue weighted by atomic mass is 79.9. The molecule has 3 N–H and O–H groups in total. The van der Waals surface area contributed by atoms with Crippen molar-refractivity contribution in [2.24, 2.45) is 5.73 Å². The molecule has 0 heterocycles. The average molecular weight is 297 g/mol. The van der Waals surface area contributed by atoms with Gasteiger partial charge in [0.15, 0.2) is 0 Å². The minimum atomic E-state index is -0.301. The maximum Gasteiger partial charge on any atom is 0.230 e. The third kappa shape index (κ3) is 2.53. The summed E-state index contributed by atoms with van der Waals surface area (Å²) in [7, 11) is 0. The molecule has 0 unspecified atom stereocenters. The van der Waals surface area contributed by atoms with Crippen LogP contribution in [0.3, 0.4) is 0 Å². The highest BCUT2D eigenvalue weighted by Crippen LogP contribution is 2.48. The van der Waals surface area contributed by atoms with Crippen LogP contribution in [0.5, 0.6) is 0 Å². The molecule has 0 bridgehead atoms. The number of benzene rings is 1. The number of nitrogens with two attached hydrogens (primary N) is 1. The van der Waals surface area contributed by atoms with Gasteiger partial charge >= 0.3 is 0 Å². The van der Waals surface area contributed by atoms with Crippen molar-refractivity contribution < 1.29 is 4.79 Å². The summed E-state index contributed by atoms with van der Waals surface area (Å²) in [4.78, 5) is 12.2. The zero-order valence-corrected chi connectivity index (χ0v) is 11.5. The molecule has 1 amide bonds. The van der Waals surface area contributed by atoms with Crippen molar-refractivity contribution in [3.8, 4) is 0 Å². The lowest BCUT2D eigenvalue weighted by Crippen LogP contribution is -2.43. The van der Waals surface area contributed by atoms with E-state index in [9.17, 15) is 4.79 Å². The van der Waals surface area contributed by atoms with Crippen molar-refractivity contribution in [1.82, 2.24) is 5.32 Å². The first-order valence-corrected chi connectivity index (χ1v) is 6.65. The smallest absolute Gasteiger partial charge is 0.230 e. The fourth-order valence-electron chi connectivity index (χ4n) is 1.96. The molecule has 1 aromatic rings. The first-order chi connectivity index (χ1) is 8.08. The summed E-state index contributed by atoms with van der Waals surface area (Å²) in [5, 5.41) is 2.97. The number of amides is 1. The van der Waals surface area contributed by atoms with Gasteiger partial charge in [0.25, 0.3) is 0 Å². The molecule has 2 rings (SSSR count). The lowest BCUT2D eigenvalue weighted by atomic mass is 9.95. The molecule has 1 fully saturated rings. The van der Waals surface area contributed by atoms with Gasteiger partial charge in [-0.25, -0.2) is 0 Å². The third-order valence-corrected chi connectivity index (χ3v) is 3.84. The Morgan fingerprint density at radius 1 is 1.47 bits per heavy atom. The Balaban J connectivity index is 2.14. The Hall–Kier alpha value is -0.870. The molecule has 92 valence electrons. The number of nitrogens with one attached hydrogen (secondary N) is 1. The van der Waals surface area contributed by atoms with Crippen molar-refractivity contribution in [1.29, 1.82) is 0 Å². The van der Waals surface area contributed by atoms with E-state index in [0.29, 0.717) is 6.54 Å². The fraction of sp³-hybridized carbons (Fsp3) is 0.462. The third-order valence-electron chi connectivity index (χ3n) is 3.31. The number of rotatable bonds is 4. The van der Waals surface area contributed by atoms with Crippen LogP contribution in [0, 0.1) is 0 Å². The maximum atomic E-state index is 12.2. The van der Waals surface area contributed by atoms with E-state index >= 15 is 0 Å². The predicted molar refractivity (Wildman–Crippen MR) is 71.7 cm³/mol. The number of carbonyl (C=O) groups excluding carboxylic acids is 1. The largest absolute Gasteiger partial charge is 0.352 e. The molecular formula is C13H17BrN2O. The van der Waals surface area contributed by atoms with Gasteiger partial charge in [-0.05, 0) is 37.5 Å². The van der Waals surface area contributed by atoms with Crippen molar-refractivity contribution in [3.63, 3.8) is 0 Å². The molecule has 0 aromatic heterocycles. The molecular weight excluding hydrogens is 280 g/mol. The number of hydrogen-bond acceptors (Lipinski definition) is 2. The molecule has 0 aliphatic heterocycles. The van der Waals surface area contributed by atoms with Crippen LogP contribution in [-0.4, -0.2) is 18.5 Å². The molecule has 0 spiro atoms. The first-order valence-electron chi connectivity index (χ1n) is 5.85. The molecule has 0 radical (unpaired) electrons. The van der Waals surface area contributed by atoms with E-state index in [1.165, 1.54) is 0 Å². The quantitative estimate of drug-likeness (QED) is 0.892. The van der Waals surface area contributed by atoms with Gasteiger partial charge in [-0.1, -0.05) is 28.1 Å². The van der Waals surface area contributed by atoms with Crippen LogP contribution in [0.1, 0.15) is 25.3 Å². The zero-order chi connectivity index (χ0) is 12.5. The van der Waals surface area contributed by atoms with E-state index in [2.05, 4.69) is 21.2 Å². The molecule has 1 aliphatic rings. The second-order valence-corrected chi connectivity index (χ2v) is 5.61. The van der Waals surface area contributed by atoms with Gasteiger partial charge in [0.2, 0.25) is 5.91 Å². The van der Waals surface area contributed by atoms with E-state index in [4.69, 9.17) is 5.73 Å². The summed E-state index contributed by atoms with van der Waals surface area (Å²) >= 11 is 3.40. The molecule has 1 saturated carbocycles. The first kappa shape index (κ1) is 12.6. The van der Waals surface area contributed by atoms with Gasteiger partial charge in [0, 0.05) is 17.1 Å². The van der Waals surface area contributed by atoms with E-state index in [1.807, 2.05) is 31.2 Å². The van der Waals surface area contributed by atoms with Crippen LogP contribution in [0.25, 0.3) is 0 Å². The summed E-state index contributed by atoms with van der Waals surface area (Å²) in [6.07, 6.45) is 1.86. The molecule has 0 saturated heterocycles. The molecule has 1 atom stereocenters. The normalized spacial score (nSPS) is 18.5. The van der Waals surface area contributed by atoms with Crippen molar-refractivity contribution in [3.05, 3.63) is 34.3 Å².